The molecule has 1 atom stereocenters. The first-order chi connectivity index (χ1) is 25.7. The van der Waals surface area contributed by atoms with Crippen LogP contribution in [0.25, 0.3) is 0 Å². The molecule has 0 spiro atoms. The fourth-order valence-corrected chi connectivity index (χ4v) is 6.85. The Balaban J connectivity index is 1.50. The number of thioether (sulfide) groups is 1. The number of esters is 3. The number of nitrogens with one attached hydrogen (secondary N) is 1. The second-order valence-electron chi connectivity index (χ2n) is 12.6. The highest BCUT2D eigenvalue weighted by atomic mass is 32.2. The maximum absolute atomic E-state index is 13.4. The van der Waals surface area contributed by atoms with E-state index in [4.69, 9.17) is 19.0 Å². The molecule has 1 unspecified atom stereocenters. The number of ether oxygens (including phenoxy) is 3. The summed E-state index contributed by atoms with van der Waals surface area (Å²) in [5.41, 5.74) is -1.21. The Morgan fingerprint density at radius 1 is 0.778 bits per heavy atom. The molecule has 0 saturated heterocycles. The van der Waals surface area contributed by atoms with E-state index in [1.807, 2.05) is 91.0 Å². The van der Waals surface area contributed by atoms with Crippen molar-refractivity contribution in [2.75, 3.05) is 5.32 Å². The summed E-state index contributed by atoms with van der Waals surface area (Å²) >= 11 is 1.98. The van der Waals surface area contributed by atoms with Crippen LogP contribution in [0.4, 0.5) is 5.13 Å². The average Bonchev–Trinajstić information content (AvgIpc) is 3.59. The molecule has 14 heteroatoms. The predicted octanol–water partition coefficient (Wildman–Crippen LogP) is 7.66. The summed E-state index contributed by atoms with van der Waals surface area (Å²) in [4.78, 5) is 59.9. The molecule has 0 aliphatic rings. The predicted molar refractivity (Wildman–Crippen MR) is 205 cm³/mol. The molecule has 5 aromatic rings. The zero-order valence-electron chi connectivity index (χ0n) is 30.0. The highest BCUT2D eigenvalue weighted by Crippen LogP contribution is 2.41. The van der Waals surface area contributed by atoms with Crippen molar-refractivity contribution < 1.29 is 43.3 Å². The van der Waals surface area contributed by atoms with Gasteiger partial charge in [0.25, 0.3) is 5.44 Å². The van der Waals surface area contributed by atoms with Crippen LogP contribution in [0.15, 0.2) is 125 Å². The SMILES string of the molecule is CC(=O)Oc1ccc(SC(ON=C(C(=O)O)c2csc(NC(c3ccccc3)(c3ccccc3)c3ccccc3)n2)C(=O)OC(C)(C)C)cc1OC(C)=O. The van der Waals surface area contributed by atoms with Gasteiger partial charge in [-0.3, -0.25) is 9.59 Å². The Kier molecular flexibility index (Phi) is 12.5. The number of hydrogen-bond donors (Lipinski definition) is 2. The van der Waals surface area contributed by atoms with Crippen LogP contribution < -0.4 is 14.8 Å². The third kappa shape index (κ3) is 9.90. The Morgan fingerprint density at radius 3 is 1.78 bits per heavy atom. The largest absolute Gasteiger partial charge is 0.476 e. The van der Waals surface area contributed by atoms with Crippen LogP contribution in [0.3, 0.4) is 0 Å². The Morgan fingerprint density at radius 2 is 1.30 bits per heavy atom. The minimum Gasteiger partial charge on any atom is -0.476 e. The summed E-state index contributed by atoms with van der Waals surface area (Å²) in [6, 6.07) is 33.8. The van der Waals surface area contributed by atoms with Gasteiger partial charge in [-0.25, -0.2) is 14.6 Å². The van der Waals surface area contributed by atoms with Crippen LogP contribution in [-0.4, -0.2) is 50.7 Å². The molecule has 0 aliphatic heterocycles. The van der Waals surface area contributed by atoms with Gasteiger partial charge >= 0.3 is 23.9 Å². The lowest BCUT2D eigenvalue weighted by atomic mass is 9.77. The minimum atomic E-state index is -1.53. The standard InChI is InChI=1S/C40H37N3O9S2/c1-25(44)49-32-22-21-30(23-33(32)50-26(2)45)54-37(36(48)51-39(3,4)5)52-43-34(35(46)47)31-24-53-38(41-31)42-40(27-15-9-6-10-16-27,28-17-11-7-12-18-28)29-19-13-8-14-20-29/h6-24,37H,1-5H3,(H,41,42)(H,46,47). The van der Waals surface area contributed by atoms with Crippen molar-refractivity contribution in [2.45, 2.75) is 56.1 Å². The molecule has 12 nitrogen and oxygen atoms in total. The molecule has 2 N–H and O–H groups in total. The number of carboxylic acid groups (broad SMARTS) is 1. The third-order valence-corrected chi connectivity index (χ3v) is 9.15. The van der Waals surface area contributed by atoms with E-state index < -0.39 is 46.2 Å². The minimum absolute atomic E-state index is 0.0195. The van der Waals surface area contributed by atoms with E-state index in [1.54, 1.807) is 20.8 Å². The first-order valence-corrected chi connectivity index (χ1v) is 18.3. The van der Waals surface area contributed by atoms with Crippen molar-refractivity contribution in [1.29, 1.82) is 0 Å². The van der Waals surface area contributed by atoms with Gasteiger partial charge in [0.05, 0.1) is 0 Å². The zero-order chi connectivity index (χ0) is 38.9. The third-order valence-electron chi connectivity index (χ3n) is 7.37. The van der Waals surface area contributed by atoms with E-state index in [9.17, 15) is 24.3 Å². The molecule has 5 rings (SSSR count). The number of thiazole rings is 1. The number of oxime groups is 1. The fourth-order valence-electron chi connectivity index (χ4n) is 5.30. The zero-order valence-corrected chi connectivity index (χ0v) is 31.6. The first kappa shape index (κ1) is 39.2. The van der Waals surface area contributed by atoms with Gasteiger partial charge in [-0.2, -0.15) is 0 Å². The molecule has 0 amide bonds. The summed E-state index contributed by atoms with van der Waals surface area (Å²) in [5.74, 6) is -3.74. The van der Waals surface area contributed by atoms with E-state index in [0.29, 0.717) is 10.0 Å². The van der Waals surface area contributed by atoms with Crippen molar-refractivity contribution in [3.63, 3.8) is 0 Å². The Bertz CT molecular complexity index is 2040. The Labute approximate surface area is 320 Å². The lowest BCUT2D eigenvalue weighted by molar-refractivity contribution is -0.162. The normalized spacial score (nSPS) is 12.3. The molecular weight excluding hydrogens is 731 g/mol. The smallest absolute Gasteiger partial charge is 0.361 e. The molecular formula is C40H37N3O9S2. The fraction of sp³-hybridized carbons (Fsp3) is 0.200. The van der Waals surface area contributed by atoms with Gasteiger partial charge in [-0.1, -0.05) is 108 Å². The van der Waals surface area contributed by atoms with Gasteiger partial charge < -0.3 is 29.5 Å². The topological polar surface area (TPSA) is 163 Å². The number of rotatable bonds is 14. The molecule has 1 aromatic heterocycles. The monoisotopic (exact) mass is 767 g/mol. The van der Waals surface area contributed by atoms with E-state index in [1.165, 1.54) is 48.8 Å². The Hall–Kier alpha value is -5.99. The van der Waals surface area contributed by atoms with Gasteiger partial charge in [0, 0.05) is 24.1 Å². The van der Waals surface area contributed by atoms with Crippen LogP contribution in [0.5, 0.6) is 11.5 Å². The highest BCUT2D eigenvalue weighted by molar-refractivity contribution is 8.00. The number of aliphatic carboxylic acids is 1. The second-order valence-corrected chi connectivity index (χ2v) is 14.6. The van der Waals surface area contributed by atoms with Gasteiger partial charge in [0.2, 0.25) is 5.71 Å². The maximum Gasteiger partial charge on any atom is 0.361 e. The number of nitrogens with zero attached hydrogens (tertiary/aromatic N) is 2. The molecule has 1 heterocycles. The summed E-state index contributed by atoms with van der Waals surface area (Å²) in [6.07, 6.45) is 0. The molecule has 0 fully saturated rings. The second kappa shape index (κ2) is 17.2. The van der Waals surface area contributed by atoms with Crippen molar-refractivity contribution in [1.82, 2.24) is 4.98 Å². The quantitative estimate of drug-likeness (QED) is 0.0216. The summed E-state index contributed by atoms with van der Waals surface area (Å²) in [6.45, 7) is 7.36. The molecule has 4 aromatic carbocycles. The number of carbonyl (C=O) groups is 4. The van der Waals surface area contributed by atoms with E-state index >= 15 is 0 Å². The van der Waals surface area contributed by atoms with Gasteiger partial charge in [-0.05, 0) is 55.7 Å². The summed E-state index contributed by atoms with van der Waals surface area (Å²) in [5, 5.41) is 19.7. The molecule has 54 heavy (non-hydrogen) atoms. The van der Waals surface area contributed by atoms with Crippen molar-refractivity contribution in [3.05, 3.63) is 137 Å². The molecule has 278 valence electrons. The molecule has 0 aliphatic carbocycles. The number of carboxylic acids is 1. The van der Waals surface area contributed by atoms with Crippen LogP contribution in [-0.2, 0) is 34.3 Å². The van der Waals surface area contributed by atoms with Crippen molar-refractivity contribution >= 4 is 57.8 Å². The van der Waals surface area contributed by atoms with Gasteiger partial charge in [0.15, 0.2) is 16.6 Å². The lowest BCUT2D eigenvalue weighted by Gasteiger charge is -2.36. The number of anilines is 1. The van der Waals surface area contributed by atoms with E-state index in [0.717, 1.165) is 28.5 Å². The lowest BCUT2D eigenvalue weighted by Crippen LogP contribution is -2.38. The van der Waals surface area contributed by atoms with Crippen molar-refractivity contribution in [3.8, 4) is 11.5 Å². The number of hydrogen-bond acceptors (Lipinski definition) is 13. The van der Waals surface area contributed by atoms with Crippen molar-refractivity contribution in [2.24, 2.45) is 5.16 Å². The molecule has 0 bridgehead atoms. The maximum atomic E-state index is 13.4. The number of benzene rings is 4. The first-order valence-electron chi connectivity index (χ1n) is 16.5. The van der Waals surface area contributed by atoms with Gasteiger partial charge in [-0.15, -0.1) is 11.3 Å². The highest BCUT2D eigenvalue weighted by Gasteiger charge is 2.37. The van der Waals surface area contributed by atoms with Crippen LogP contribution in [0.2, 0.25) is 0 Å². The number of aromatic nitrogens is 1. The summed E-state index contributed by atoms with van der Waals surface area (Å²) in [7, 11) is 0. The summed E-state index contributed by atoms with van der Waals surface area (Å²) < 4.78 is 15.9. The average molecular weight is 768 g/mol. The van der Waals surface area contributed by atoms with E-state index in [2.05, 4.69) is 15.5 Å². The van der Waals surface area contributed by atoms with Crippen LogP contribution in [0.1, 0.15) is 57.0 Å². The number of carbonyl (C=O) groups excluding carboxylic acids is 3. The van der Waals surface area contributed by atoms with Crippen LogP contribution in [0, 0.1) is 0 Å². The van der Waals surface area contributed by atoms with E-state index in [-0.39, 0.29) is 17.2 Å². The van der Waals surface area contributed by atoms with Gasteiger partial charge in [0.1, 0.15) is 16.8 Å². The van der Waals surface area contributed by atoms with Crippen LogP contribution >= 0.6 is 23.1 Å². The molecule has 0 saturated carbocycles. The molecule has 0 radical (unpaired) electrons.